The van der Waals surface area contributed by atoms with Crippen LogP contribution < -0.4 is 5.32 Å². The van der Waals surface area contributed by atoms with Crippen molar-refractivity contribution in [3.63, 3.8) is 0 Å². The number of nitrogens with zero attached hydrogens (tertiary/aromatic N) is 2. The van der Waals surface area contributed by atoms with Crippen molar-refractivity contribution in [1.82, 2.24) is 4.98 Å². The Morgan fingerprint density at radius 1 is 1.14 bits per heavy atom. The molecule has 1 N–H and O–H groups in total. The highest BCUT2D eigenvalue weighted by Gasteiger charge is 2.30. The average Bonchev–Trinajstić information content (AvgIpc) is 2.47. The van der Waals surface area contributed by atoms with Crippen molar-refractivity contribution in [2.75, 3.05) is 5.32 Å². The van der Waals surface area contributed by atoms with Crippen molar-refractivity contribution in [2.45, 2.75) is 19.1 Å². The molecule has 1 aromatic carbocycles. The summed E-state index contributed by atoms with van der Waals surface area (Å²) in [4.78, 5) is 3.92. The number of hydrogen-bond donors (Lipinski definition) is 1. The van der Waals surface area contributed by atoms with Crippen LogP contribution in [0.2, 0.25) is 0 Å². The molecule has 0 radical (unpaired) electrons. The second-order valence-corrected chi connectivity index (χ2v) is 4.53. The Morgan fingerprint density at radius 2 is 1.81 bits per heavy atom. The third-order valence-electron chi connectivity index (χ3n) is 3.00. The standard InChI is InChI=1S/C15H12F3N3/c1-10(21-14-7-6-13(8-19)20-9-14)11-2-4-12(5-3-11)15(16,17)18/h2-7,9-10,21H,1H3. The van der Waals surface area contributed by atoms with E-state index in [1.807, 2.05) is 13.0 Å². The number of anilines is 1. The molecule has 0 aliphatic heterocycles. The van der Waals surface area contributed by atoms with Gasteiger partial charge in [0.05, 0.1) is 17.4 Å². The molecule has 0 amide bonds. The fraction of sp³-hybridized carbons (Fsp3) is 0.200. The molecule has 1 unspecified atom stereocenters. The first kappa shape index (κ1) is 14.9. The Labute approximate surface area is 120 Å². The van der Waals surface area contributed by atoms with E-state index in [4.69, 9.17) is 5.26 Å². The van der Waals surface area contributed by atoms with Crippen molar-refractivity contribution >= 4 is 5.69 Å². The number of pyridine rings is 1. The van der Waals surface area contributed by atoms with Crippen molar-refractivity contribution in [1.29, 1.82) is 5.26 Å². The smallest absolute Gasteiger partial charge is 0.377 e. The van der Waals surface area contributed by atoms with Crippen LogP contribution in [0.4, 0.5) is 18.9 Å². The summed E-state index contributed by atoms with van der Waals surface area (Å²) < 4.78 is 37.5. The fourth-order valence-corrected chi connectivity index (χ4v) is 1.84. The lowest BCUT2D eigenvalue weighted by Crippen LogP contribution is -2.09. The highest BCUT2D eigenvalue weighted by atomic mass is 19.4. The number of nitriles is 1. The second-order valence-electron chi connectivity index (χ2n) is 4.53. The second kappa shape index (κ2) is 5.83. The van der Waals surface area contributed by atoms with Crippen LogP contribution in [0.1, 0.15) is 29.8 Å². The maximum Gasteiger partial charge on any atom is 0.416 e. The van der Waals surface area contributed by atoms with Crippen LogP contribution in [0.15, 0.2) is 42.6 Å². The molecule has 2 rings (SSSR count). The van der Waals surface area contributed by atoms with Crippen LogP contribution in [0.25, 0.3) is 0 Å². The van der Waals surface area contributed by atoms with Gasteiger partial charge in [-0.2, -0.15) is 18.4 Å². The van der Waals surface area contributed by atoms with Gasteiger partial charge in [-0.3, -0.25) is 0 Å². The molecule has 21 heavy (non-hydrogen) atoms. The van der Waals surface area contributed by atoms with E-state index in [9.17, 15) is 13.2 Å². The lowest BCUT2D eigenvalue weighted by molar-refractivity contribution is -0.137. The average molecular weight is 291 g/mol. The van der Waals surface area contributed by atoms with Crippen molar-refractivity contribution in [3.05, 3.63) is 59.4 Å². The largest absolute Gasteiger partial charge is 0.416 e. The highest BCUT2D eigenvalue weighted by molar-refractivity contribution is 5.45. The van der Waals surface area contributed by atoms with Crippen LogP contribution in [-0.2, 0) is 6.18 Å². The molecule has 0 saturated heterocycles. The minimum atomic E-state index is -4.33. The van der Waals surface area contributed by atoms with E-state index < -0.39 is 11.7 Å². The lowest BCUT2D eigenvalue weighted by Gasteiger charge is -2.16. The Bertz CT molecular complexity index is 640. The van der Waals surface area contributed by atoms with Crippen LogP contribution in [-0.4, -0.2) is 4.98 Å². The van der Waals surface area contributed by atoms with Gasteiger partial charge in [0.25, 0.3) is 0 Å². The van der Waals surface area contributed by atoms with E-state index in [1.54, 1.807) is 12.1 Å². The molecule has 108 valence electrons. The molecule has 0 fully saturated rings. The number of halogens is 3. The maximum absolute atomic E-state index is 12.5. The van der Waals surface area contributed by atoms with E-state index in [0.29, 0.717) is 11.4 Å². The summed E-state index contributed by atoms with van der Waals surface area (Å²) >= 11 is 0. The number of benzene rings is 1. The molecule has 1 atom stereocenters. The Kier molecular flexibility index (Phi) is 4.13. The molecular formula is C15H12F3N3. The van der Waals surface area contributed by atoms with E-state index in [-0.39, 0.29) is 6.04 Å². The minimum absolute atomic E-state index is 0.179. The van der Waals surface area contributed by atoms with E-state index >= 15 is 0 Å². The van der Waals surface area contributed by atoms with E-state index in [2.05, 4.69) is 10.3 Å². The Morgan fingerprint density at radius 3 is 2.29 bits per heavy atom. The molecule has 6 heteroatoms. The van der Waals surface area contributed by atoms with Gasteiger partial charge >= 0.3 is 6.18 Å². The minimum Gasteiger partial charge on any atom is -0.377 e. The summed E-state index contributed by atoms with van der Waals surface area (Å²) in [6, 6.07) is 10.0. The third kappa shape index (κ3) is 3.72. The molecule has 3 nitrogen and oxygen atoms in total. The third-order valence-corrected chi connectivity index (χ3v) is 3.00. The van der Waals surface area contributed by atoms with Gasteiger partial charge in [-0.1, -0.05) is 12.1 Å². The van der Waals surface area contributed by atoms with Gasteiger partial charge in [0, 0.05) is 6.04 Å². The van der Waals surface area contributed by atoms with Gasteiger partial charge < -0.3 is 5.32 Å². The Balaban J connectivity index is 2.09. The number of rotatable bonds is 3. The summed E-state index contributed by atoms with van der Waals surface area (Å²) in [7, 11) is 0. The van der Waals surface area contributed by atoms with Gasteiger partial charge in [-0.15, -0.1) is 0 Å². The molecule has 0 aliphatic rings. The maximum atomic E-state index is 12.5. The van der Waals surface area contributed by atoms with Gasteiger partial charge in [-0.25, -0.2) is 4.98 Å². The molecule has 2 aromatic rings. The molecule has 0 spiro atoms. The number of nitrogens with one attached hydrogen (secondary N) is 1. The summed E-state index contributed by atoms with van der Waals surface area (Å²) in [5.74, 6) is 0. The predicted octanol–water partition coefficient (Wildman–Crippen LogP) is 4.15. The quantitative estimate of drug-likeness (QED) is 0.924. The van der Waals surface area contributed by atoms with E-state index in [0.717, 1.165) is 17.7 Å². The zero-order valence-electron chi connectivity index (χ0n) is 11.1. The first-order valence-electron chi connectivity index (χ1n) is 6.20. The summed E-state index contributed by atoms with van der Waals surface area (Å²) in [6.45, 7) is 1.83. The van der Waals surface area contributed by atoms with Crippen LogP contribution >= 0.6 is 0 Å². The number of alkyl halides is 3. The molecule has 0 aliphatic carbocycles. The summed E-state index contributed by atoms with van der Waals surface area (Å²) in [5.41, 5.74) is 1.06. The highest BCUT2D eigenvalue weighted by Crippen LogP contribution is 2.30. The van der Waals surface area contributed by atoms with Gasteiger partial charge in [-0.05, 0) is 36.8 Å². The van der Waals surface area contributed by atoms with E-state index in [1.165, 1.54) is 18.3 Å². The van der Waals surface area contributed by atoms with Crippen LogP contribution in [0.3, 0.4) is 0 Å². The normalized spacial score (nSPS) is 12.5. The van der Waals surface area contributed by atoms with Gasteiger partial charge in [0.15, 0.2) is 0 Å². The van der Waals surface area contributed by atoms with Crippen molar-refractivity contribution in [3.8, 4) is 6.07 Å². The summed E-state index contributed by atoms with van der Waals surface area (Å²) in [6.07, 6.45) is -2.81. The Hall–Kier alpha value is -2.55. The fourth-order valence-electron chi connectivity index (χ4n) is 1.84. The topological polar surface area (TPSA) is 48.7 Å². The van der Waals surface area contributed by atoms with Crippen LogP contribution in [0.5, 0.6) is 0 Å². The van der Waals surface area contributed by atoms with Crippen molar-refractivity contribution < 1.29 is 13.2 Å². The van der Waals surface area contributed by atoms with Crippen molar-refractivity contribution in [2.24, 2.45) is 0 Å². The molecule has 1 heterocycles. The zero-order valence-corrected chi connectivity index (χ0v) is 11.1. The number of hydrogen-bond acceptors (Lipinski definition) is 3. The monoisotopic (exact) mass is 291 g/mol. The molecule has 1 aromatic heterocycles. The van der Waals surface area contributed by atoms with Crippen LogP contribution in [0, 0.1) is 11.3 Å². The number of aromatic nitrogens is 1. The lowest BCUT2D eigenvalue weighted by atomic mass is 10.1. The molecule has 0 bridgehead atoms. The predicted molar refractivity (Wildman–Crippen MR) is 72.4 cm³/mol. The summed E-state index contributed by atoms with van der Waals surface area (Å²) in [5, 5.41) is 11.8. The van der Waals surface area contributed by atoms with Gasteiger partial charge in [0.2, 0.25) is 0 Å². The zero-order chi connectivity index (χ0) is 15.5. The SMILES string of the molecule is CC(Nc1ccc(C#N)nc1)c1ccc(C(F)(F)F)cc1. The molecular weight excluding hydrogens is 279 g/mol. The van der Waals surface area contributed by atoms with Gasteiger partial charge in [0.1, 0.15) is 11.8 Å². The molecule has 0 saturated carbocycles. The first-order chi connectivity index (χ1) is 9.90. The first-order valence-corrected chi connectivity index (χ1v) is 6.20.